The summed E-state index contributed by atoms with van der Waals surface area (Å²) in [6.45, 7) is 2.07. The number of aromatic nitrogens is 1. The van der Waals surface area contributed by atoms with E-state index in [1.165, 1.54) is 12.1 Å². The number of carbonyl (C=O) groups is 1. The van der Waals surface area contributed by atoms with Gasteiger partial charge >= 0.3 is 6.03 Å². The highest BCUT2D eigenvalue weighted by atomic mass is 35.5. The number of amides is 2. The standard InChI is InChI=1S/C15H17ClFN3O3/c1-2-10-6-11(23-20-10)7-18-15(22)19-8-14(21)9-3-4-12(16)13(17)5-9/h3-6,14,21H,2,7-8H2,1H3,(H2,18,19,22)/t14-/m0/s1. The Bertz CT molecular complexity index is 678. The lowest BCUT2D eigenvalue weighted by Crippen LogP contribution is -2.37. The van der Waals surface area contributed by atoms with Gasteiger partial charge in [-0.1, -0.05) is 29.7 Å². The highest BCUT2D eigenvalue weighted by Crippen LogP contribution is 2.19. The van der Waals surface area contributed by atoms with Crippen molar-refractivity contribution in [2.75, 3.05) is 6.54 Å². The maximum Gasteiger partial charge on any atom is 0.315 e. The number of halogens is 2. The second kappa shape index (κ2) is 7.94. The fourth-order valence-electron chi connectivity index (χ4n) is 1.86. The molecule has 0 aliphatic rings. The maximum absolute atomic E-state index is 13.3. The minimum absolute atomic E-state index is 0.0230. The Morgan fingerprint density at radius 1 is 1.43 bits per heavy atom. The van der Waals surface area contributed by atoms with Gasteiger partial charge in [-0.25, -0.2) is 9.18 Å². The summed E-state index contributed by atoms with van der Waals surface area (Å²) in [5.41, 5.74) is 1.14. The number of carbonyl (C=O) groups excluding carboxylic acids is 1. The average molecular weight is 342 g/mol. The molecular formula is C15H17ClFN3O3. The number of aryl methyl sites for hydroxylation is 1. The van der Waals surface area contributed by atoms with Gasteiger partial charge in [-0.3, -0.25) is 0 Å². The number of aliphatic hydroxyl groups is 1. The smallest absolute Gasteiger partial charge is 0.315 e. The largest absolute Gasteiger partial charge is 0.387 e. The SMILES string of the molecule is CCc1cc(CNC(=O)NC[C@H](O)c2ccc(Cl)c(F)c2)on1. The molecule has 1 aromatic carbocycles. The lowest BCUT2D eigenvalue weighted by molar-refractivity contribution is 0.172. The molecule has 8 heteroatoms. The molecule has 0 unspecified atom stereocenters. The van der Waals surface area contributed by atoms with E-state index in [2.05, 4.69) is 15.8 Å². The van der Waals surface area contributed by atoms with Crippen LogP contribution in [0.15, 0.2) is 28.8 Å². The first kappa shape index (κ1) is 17.2. The molecule has 0 spiro atoms. The van der Waals surface area contributed by atoms with Crippen LogP contribution in [0.5, 0.6) is 0 Å². The molecule has 0 fully saturated rings. The molecular weight excluding hydrogens is 325 g/mol. The second-order valence-corrected chi connectivity index (χ2v) is 5.30. The molecule has 2 rings (SSSR count). The number of aliphatic hydroxyl groups excluding tert-OH is 1. The van der Waals surface area contributed by atoms with Gasteiger partial charge in [-0.05, 0) is 24.1 Å². The monoisotopic (exact) mass is 341 g/mol. The van der Waals surface area contributed by atoms with E-state index in [0.29, 0.717) is 11.3 Å². The predicted molar refractivity (Wildman–Crippen MR) is 82.5 cm³/mol. The number of benzene rings is 1. The summed E-state index contributed by atoms with van der Waals surface area (Å²) in [7, 11) is 0. The number of rotatable bonds is 6. The summed E-state index contributed by atoms with van der Waals surface area (Å²) in [5.74, 6) is -0.0814. The molecule has 0 bridgehead atoms. The van der Waals surface area contributed by atoms with Gasteiger partial charge in [0.1, 0.15) is 5.82 Å². The summed E-state index contributed by atoms with van der Waals surface area (Å²) < 4.78 is 18.3. The molecule has 23 heavy (non-hydrogen) atoms. The van der Waals surface area contributed by atoms with Gasteiger partial charge in [-0.15, -0.1) is 0 Å². The molecule has 124 valence electrons. The Balaban J connectivity index is 1.78. The molecule has 0 saturated heterocycles. The first-order chi connectivity index (χ1) is 11.0. The van der Waals surface area contributed by atoms with E-state index in [1.807, 2.05) is 6.92 Å². The molecule has 6 nitrogen and oxygen atoms in total. The topological polar surface area (TPSA) is 87.4 Å². The normalized spacial score (nSPS) is 12.0. The quantitative estimate of drug-likeness (QED) is 0.753. The lowest BCUT2D eigenvalue weighted by Gasteiger charge is -2.13. The van der Waals surface area contributed by atoms with Crippen LogP contribution in [0, 0.1) is 5.82 Å². The second-order valence-electron chi connectivity index (χ2n) is 4.89. The van der Waals surface area contributed by atoms with E-state index in [-0.39, 0.29) is 18.1 Å². The Kier molecular flexibility index (Phi) is 5.95. The van der Waals surface area contributed by atoms with Gasteiger partial charge in [0.25, 0.3) is 0 Å². The molecule has 1 aromatic heterocycles. The number of nitrogens with one attached hydrogen (secondary N) is 2. The molecule has 0 saturated carbocycles. The maximum atomic E-state index is 13.3. The average Bonchev–Trinajstić information content (AvgIpc) is 3.01. The van der Waals surface area contributed by atoms with Crippen molar-refractivity contribution in [2.24, 2.45) is 0 Å². The molecule has 0 radical (unpaired) electrons. The molecule has 0 aliphatic heterocycles. The van der Waals surface area contributed by atoms with Crippen LogP contribution in [0.2, 0.25) is 5.02 Å². The van der Waals surface area contributed by atoms with Crippen molar-refractivity contribution in [3.05, 3.63) is 52.1 Å². The molecule has 0 aliphatic carbocycles. The van der Waals surface area contributed by atoms with Crippen LogP contribution in [-0.2, 0) is 13.0 Å². The molecule has 1 atom stereocenters. The zero-order valence-electron chi connectivity index (χ0n) is 12.5. The van der Waals surface area contributed by atoms with Crippen LogP contribution in [-0.4, -0.2) is 22.8 Å². The minimum atomic E-state index is -1.04. The van der Waals surface area contributed by atoms with E-state index < -0.39 is 18.0 Å². The van der Waals surface area contributed by atoms with E-state index >= 15 is 0 Å². The molecule has 2 amide bonds. The van der Waals surface area contributed by atoms with Gasteiger partial charge in [0.15, 0.2) is 5.76 Å². The number of urea groups is 1. The van der Waals surface area contributed by atoms with Crippen LogP contribution >= 0.6 is 11.6 Å². The van der Waals surface area contributed by atoms with Crippen molar-refractivity contribution >= 4 is 17.6 Å². The third kappa shape index (κ3) is 4.94. The van der Waals surface area contributed by atoms with Crippen molar-refractivity contribution in [3.8, 4) is 0 Å². The first-order valence-corrected chi connectivity index (χ1v) is 7.46. The van der Waals surface area contributed by atoms with Gasteiger partial charge in [-0.2, -0.15) is 0 Å². The Labute approximate surface area is 137 Å². The van der Waals surface area contributed by atoms with Crippen LogP contribution in [0.3, 0.4) is 0 Å². The van der Waals surface area contributed by atoms with Gasteiger partial charge in [0.05, 0.1) is 23.4 Å². The minimum Gasteiger partial charge on any atom is -0.387 e. The van der Waals surface area contributed by atoms with Gasteiger partial charge in [0.2, 0.25) is 0 Å². The highest BCUT2D eigenvalue weighted by molar-refractivity contribution is 6.30. The van der Waals surface area contributed by atoms with Crippen molar-refractivity contribution in [1.29, 1.82) is 0 Å². The lowest BCUT2D eigenvalue weighted by atomic mass is 10.1. The van der Waals surface area contributed by atoms with E-state index in [4.69, 9.17) is 16.1 Å². The molecule has 2 aromatic rings. The summed E-state index contributed by atoms with van der Waals surface area (Å²) in [5, 5.41) is 18.8. The Morgan fingerprint density at radius 2 is 2.22 bits per heavy atom. The van der Waals surface area contributed by atoms with Crippen LogP contribution < -0.4 is 10.6 Å². The Morgan fingerprint density at radius 3 is 2.87 bits per heavy atom. The van der Waals surface area contributed by atoms with E-state index in [9.17, 15) is 14.3 Å². The summed E-state index contributed by atoms with van der Waals surface area (Å²) in [6.07, 6.45) is -0.288. The zero-order chi connectivity index (χ0) is 16.8. The summed E-state index contributed by atoms with van der Waals surface area (Å²) in [4.78, 5) is 11.7. The third-order valence-electron chi connectivity index (χ3n) is 3.18. The number of hydrogen-bond donors (Lipinski definition) is 3. The van der Waals surface area contributed by atoms with E-state index in [0.717, 1.165) is 18.2 Å². The van der Waals surface area contributed by atoms with Crippen molar-refractivity contribution in [2.45, 2.75) is 26.0 Å². The predicted octanol–water partition coefficient (Wildman–Crippen LogP) is 2.56. The summed E-state index contributed by atoms with van der Waals surface area (Å²) >= 11 is 5.57. The highest BCUT2D eigenvalue weighted by Gasteiger charge is 2.12. The zero-order valence-corrected chi connectivity index (χ0v) is 13.2. The van der Waals surface area contributed by atoms with Crippen molar-refractivity contribution in [3.63, 3.8) is 0 Å². The molecule has 3 N–H and O–H groups in total. The number of hydrogen-bond acceptors (Lipinski definition) is 4. The fraction of sp³-hybridized carbons (Fsp3) is 0.333. The van der Waals surface area contributed by atoms with Gasteiger partial charge < -0.3 is 20.3 Å². The Hall–Kier alpha value is -2.12. The molecule has 1 heterocycles. The van der Waals surface area contributed by atoms with Crippen molar-refractivity contribution in [1.82, 2.24) is 15.8 Å². The van der Waals surface area contributed by atoms with Crippen LogP contribution in [0.25, 0.3) is 0 Å². The third-order valence-corrected chi connectivity index (χ3v) is 3.48. The van der Waals surface area contributed by atoms with Crippen LogP contribution in [0.1, 0.15) is 30.0 Å². The fourth-order valence-corrected chi connectivity index (χ4v) is 1.98. The van der Waals surface area contributed by atoms with Gasteiger partial charge in [0, 0.05) is 12.6 Å². The first-order valence-electron chi connectivity index (χ1n) is 7.08. The number of nitrogens with zero attached hydrogens (tertiary/aromatic N) is 1. The van der Waals surface area contributed by atoms with Crippen molar-refractivity contribution < 1.29 is 18.8 Å². The van der Waals surface area contributed by atoms with E-state index in [1.54, 1.807) is 6.07 Å². The van der Waals surface area contributed by atoms with Crippen LogP contribution in [0.4, 0.5) is 9.18 Å². The summed E-state index contributed by atoms with van der Waals surface area (Å²) in [6, 6.07) is 5.26.